The Labute approximate surface area is 214 Å². The summed E-state index contributed by atoms with van der Waals surface area (Å²) in [4.78, 5) is 34.7. The third kappa shape index (κ3) is 6.91. The first-order chi connectivity index (χ1) is 17.5. The van der Waals surface area contributed by atoms with Crippen LogP contribution in [0, 0.1) is 17.2 Å². The van der Waals surface area contributed by atoms with E-state index >= 15 is 0 Å². The minimum Gasteiger partial charge on any atom is -0.495 e. The minimum atomic E-state index is -0.306. The lowest BCUT2D eigenvalue weighted by Crippen LogP contribution is -2.49. The van der Waals surface area contributed by atoms with Crippen LogP contribution in [0.2, 0.25) is 5.02 Å². The number of morpholine rings is 1. The number of methoxy groups -OCH3 is 1. The van der Waals surface area contributed by atoms with E-state index in [-0.39, 0.29) is 36.0 Å². The average molecular weight is 513 g/mol. The Kier molecular flexibility index (Phi) is 8.70. The van der Waals surface area contributed by atoms with Crippen LogP contribution >= 0.6 is 11.6 Å². The Morgan fingerprint density at radius 2 is 2.14 bits per heavy atom. The van der Waals surface area contributed by atoms with Gasteiger partial charge in [-0.25, -0.2) is 4.98 Å². The van der Waals surface area contributed by atoms with Crippen LogP contribution in [-0.4, -0.2) is 72.7 Å². The second-order valence-corrected chi connectivity index (χ2v) is 9.29. The lowest BCUT2D eigenvalue weighted by atomic mass is 10.1. The third-order valence-corrected chi connectivity index (χ3v) is 6.48. The predicted molar refractivity (Wildman–Crippen MR) is 133 cm³/mol. The fraction of sp³-hybridized carbons (Fsp3) is 0.480. The highest BCUT2D eigenvalue weighted by molar-refractivity contribution is 6.31. The number of nitriles is 1. The van der Waals surface area contributed by atoms with E-state index < -0.39 is 0 Å². The zero-order valence-electron chi connectivity index (χ0n) is 20.1. The van der Waals surface area contributed by atoms with Gasteiger partial charge in [-0.05, 0) is 43.5 Å². The normalized spacial score (nSPS) is 17.4. The highest BCUT2D eigenvalue weighted by atomic mass is 35.5. The van der Waals surface area contributed by atoms with Crippen molar-refractivity contribution in [1.82, 2.24) is 20.2 Å². The molecule has 2 fully saturated rings. The van der Waals surface area contributed by atoms with Gasteiger partial charge in [0.15, 0.2) is 5.69 Å². The van der Waals surface area contributed by atoms with Gasteiger partial charge >= 0.3 is 0 Å². The molecule has 1 aliphatic carbocycles. The van der Waals surface area contributed by atoms with Crippen molar-refractivity contribution < 1.29 is 19.1 Å². The van der Waals surface area contributed by atoms with Crippen molar-refractivity contribution in [1.29, 1.82) is 5.26 Å². The average Bonchev–Trinajstić information content (AvgIpc) is 3.73. The summed E-state index contributed by atoms with van der Waals surface area (Å²) in [6.45, 7) is 3.18. The fourth-order valence-electron chi connectivity index (χ4n) is 4.03. The second-order valence-electron chi connectivity index (χ2n) is 8.88. The van der Waals surface area contributed by atoms with Crippen molar-refractivity contribution in [2.45, 2.75) is 31.8 Å². The molecule has 0 unspecified atom stereocenters. The molecule has 0 radical (unpaired) electrons. The summed E-state index contributed by atoms with van der Waals surface area (Å²) < 4.78 is 11.3. The van der Waals surface area contributed by atoms with Crippen LogP contribution in [0.3, 0.4) is 0 Å². The molecule has 1 aliphatic heterocycles. The van der Waals surface area contributed by atoms with E-state index in [4.69, 9.17) is 26.3 Å². The maximum atomic E-state index is 12.5. The van der Waals surface area contributed by atoms with Gasteiger partial charge in [0.05, 0.1) is 50.0 Å². The van der Waals surface area contributed by atoms with Gasteiger partial charge < -0.3 is 25.0 Å². The molecule has 36 heavy (non-hydrogen) atoms. The summed E-state index contributed by atoms with van der Waals surface area (Å²) >= 11 is 6.50. The largest absolute Gasteiger partial charge is 0.495 e. The van der Waals surface area contributed by atoms with Crippen molar-refractivity contribution in [3.63, 3.8) is 0 Å². The van der Waals surface area contributed by atoms with E-state index in [2.05, 4.69) is 20.6 Å². The van der Waals surface area contributed by atoms with Crippen molar-refractivity contribution in [3.05, 3.63) is 46.5 Å². The van der Waals surface area contributed by atoms with Crippen molar-refractivity contribution >= 4 is 29.1 Å². The number of halogens is 1. The fourth-order valence-corrected chi connectivity index (χ4v) is 4.29. The maximum Gasteiger partial charge on any atom is 0.230 e. The van der Waals surface area contributed by atoms with Crippen LogP contribution in [0.25, 0.3) is 0 Å². The molecular formula is C25H29ClN6O4. The van der Waals surface area contributed by atoms with Crippen LogP contribution in [0.4, 0.5) is 5.69 Å². The first kappa shape index (κ1) is 25.8. The van der Waals surface area contributed by atoms with E-state index in [9.17, 15) is 9.59 Å². The summed E-state index contributed by atoms with van der Waals surface area (Å²) in [5, 5.41) is 15.5. The highest BCUT2D eigenvalue weighted by Crippen LogP contribution is 2.32. The van der Waals surface area contributed by atoms with Crippen LogP contribution in [0.5, 0.6) is 5.75 Å². The predicted octanol–water partition coefficient (Wildman–Crippen LogP) is 1.96. The van der Waals surface area contributed by atoms with E-state index in [1.165, 1.54) is 19.5 Å². The van der Waals surface area contributed by atoms with Crippen molar-refractivity contribution in [2.24, 2.45) is 5.92 Å². The van der Waals surface area contributed by atoms with Gasteiger partial charge in [0, 0.05) is 30.6 Å². The molecule has 0 spiro atoms. The Hall–Kier alpha value is -3.26. The van der Waals surface area contributed by atoms with E-state index in [0.29, 0.717) is 61.4 Å². The van der Waals surface area contributed by atoms with Crippen LogP contribution < -0.4 is 15.4 Å². The van der Waals surface area contributed by atoms with Crippen molar-refractivity contribution in [3.8, 4) is 11.8 Å². The molecule has 1 aromatic heterocycles. The van der Waals surface area contributed by atoms with Crippen molar-refractivity contribution in [2.75, 3.05) is 45.2 Å². The molecule has 1 aromatic carbocycles. The Bertz CT molecular complexity index is 1130. The minimum absolute atomic E-state index is 0.00191. The molecule has 190 valence electrons. The standard InChI is InChI=1S/C25H29ClN6O4/c1-35-23-8-17(4-5-28-14-20-15-32(6-7-36-20)25(34)16-2-3-16)21(26)10-22(23)31-24(33)9-18-12-30-19(11-27)13-29-18/h8,10,12-13,16,20,28H,2-7,9,14-15H2,1H3,(H,31,33)/t20-/m0/s1. The third-order valence-electron chi connectivity index (χ3n) is 6.12. The zero-order valence-corrected chi connectivity index (χ0v) is 20.9. The van der Waals surface area contributed by atoms with E-state index in [1.807, 2.05) is 17.0 Å². The molecule has 0 bridgehead atoms. The topological polar surface area (TPSA) is 129 Å². The number of ether oxygens (including phenoxy) is 2. The molecule has 2 heterocycles. The quantitative estimate of drug-likeness (QED) is 0.462. The number of hydrogen-bond acceptors (Lipinski definition) is 8. The van der Waals surface area contributed by atoms with Gasteiger partial charge in [0.25, 0.3) is 0 Å². The first-order valence-electron chi connectivity index (χ1n) is 11.9. The highest BCUT2D eigenvalue weighted by Gasteiger charge is 2.35. The van der Waals surface area contributed by atoms with E-state index in [0.717, 1.165) is 18.4 Å². The summed E-state index contributed by atoms with van der Waals surface area (Å²) in [7, 11) is 1.53. The number of rotatable bonds is 10. The maximum absolute atomic E-state index is 12.5. The zero-order chi connectivity index (χ0) is 25.5. The summed E-state index contributed by atoms with van der Waals surface area (Å²) in [6, 6.07) is 5.37. The Balaban J connectivity index is 1.26. The molecule has 1 saturated heterocycles. The van der Waals surface area contributed by atoms with Gasteiger partial charge in [-0.3, -0.25) is 14.6 Å². The number of hydrogen-bond donors (Lipinski definition) is 2. The number of carbonyl (C=O) groups excluding carboxylic acids is 2. The first-order valence-corrected chi connectivity index (χ1v) is 12.3. The van der Waals surface area contributed by atoms with Gasteiger partial charge in [-0.1, -0.05) is 11.6 Å². The lowest BCUT2D eigenvalue weighted by Gasteiger charge is -2.33. The SMILES string of the molecule is COc1cc(CCNC[C@H]2CN(C(=O)C3CC3)CCO2)c(Cl)cc1NC(=O)Cc1cnc(C#N)cn1. The van der Waals surface area contributed by atoms with Crippen LogP contribution in [0.1, 0.15) is 29.8 Å². The second kappa shape index (κ2) is 12.1. The van der Waals surface area contributed by atoms with Crippen LogP contribution in [-0.2, 0) is 27.2 Å². The Morgan fingerprint density at radius 1 is 1.31 bits per heavy atom. The molecule has 1 atom stereocenters. The number of aromatic nitrogens is 2. The summed E-state index contributed by atoms with van der Waals surface area (Å²) in [5.74, 6) is 0.684. The molecule has 11 heteroatoms. The lowest BCUT2D eigenvalue weighted by molar-refractivity contribution is -0.139. The molecule has 2 aliphatic rings. The number of benzene rings is 1. The number of amides is 2. The number of nitrogens with one attached hydrogen (secondary N) is 2. The summed E-state index contributed by atoms with van der Waals surface area (Å²) in [6.07, 6.45) is 5.38. The molecular weight excluding hydrogens is 484 g/mol. The summed E-state index contributed by atoms with van der Waals surface area (Å²) in [5.41, 5.74) is 1.98. The smallest absolute Gasteiger partial charge is 0.230 e. The number of carbonyl (C=O) groups is 2. The number of nitrogens with zero attached hydrogens (tertiary/aromatic N) is 4. The molecule has 1 saturated carbocycles. The van der Waals surface area contributed by atoms with Gasteiger partial charge in [-0.2, -0.15) is 5.26 Å². The van der Waals surface area contributed by atoms with Gasteiger partial charge in [0.1, 0.15) is 11.8 Å². The van der Waals surface area contributed by atoms with Gasteiger partial charge in [0.2, 0.25) is 11.8 Å². The number of anilines is 1. The Morgan fingerprint density at radius 3 is 2.83 bits per heavy atom. The molecule has 4 rings (SSSR count). The molecule has 2 amide bonds. The van der Waals surface area contributed by atoms with Gasteiger partial charge in [-0.15, -0.1) is 0 Å². The van der Waals surface area contributed by atoms with Crippen LogP contribution in [0.15, 0.2) is 24.5 Å². The van der Waals surface area contributed by atoms with E-state index in [1.54, 1.807) is 6.07 Å². The molecule has 2 N–H and O–H groups in total. The molecule has 2 aromatic rings. The monoisotopic (exact) mass is 512 g/mol. The molecule has 10 nitrogen and oxygen atoms in total.